The third kappa shape index (κ3) is 13.8. The quantitative estimate of drug-likeness (QED) is 0.0491. The van der Waals surface area contributed by atoms with Gasteiger partial charge in [-0.2, -0.15) is 10.4 Å². The Bertz CT molecular complexity index is 2190. The number of carbonyl (C=O) groups is 2. The molecule has 2 saturated heterocycles. The van der Waals surface area contributed by atoms with Crippen molar-refractivity contribution >= 4 is 46.8 Å². The summed E-state index contributed by atoms with van der Waals surface area (Å²) < 4.78 is 1.45. The molecule has 0 bridgehead atoms. The molecule has 1 unspecified atom stereocenters. The molecule has 3 aliphatic rings. The van der Waals surface area contributed by atoms with Crippen molar-refractivity contribution in [3.8, 4) is 6.07 Å². The van der Waals surface area contributed by atoms with Gasteiger partial charge in [0.2, 0.25) is 0 Å². The smallest absolute Gasteiger partial charge is 0.274 e. The number of hydrogen-bond donors (Lipinski definition) is 6. The number of anilines is 4. The number of benzene rings is 1. The Kier molecular flexibility index (Phi) is 18.0. The normalized spacial score (nSPS) is 16.5. The maximum absolute atomic E-state index is 12.9. The minimum Gasteiger partial charge on any atom is -0.398 e. The number of pyridine rings is 1. The lowest BCUT2D eigenvalue weighted by atomic mass is 9.94. The molecule has 3 aromatic heterocycles. The van der Waals surface area contributed by atoms with Crippen molar-refractivity contribution in [3.63, 3.8) is 0 Å². The number of nitrogens with zero attached hydrogens (tertiary/aromatic N) is 7. The number of nitrogens with two attached hydrogens (primary N) is 1. The molecule has 7 N–H and O–H groups in total. The lowest BCUT2D eigenvalue weighted by Gasteiger charge is -2.41. The highest BCUT2D eigenvalue weighted by Crippen LogP contribution is 2.32. The van der Waals surface area contributed by atoms with Crippen molar-refractivity contribution in [3.05, 3.63) is 89.0 Å². The van der Waals surface area contributed by atoms with Gasteiger partial charge >= 0.3 is 0 Å². The fourth-order valence-corrected chi connectivity index (χ4v) is 8.28. The number of aromatic nitrogens is 3. The minimum atomic E-state index is -1.22. The van der Waals surface area contributed by atoms with Crippen LogP contribution in [0.3, 0.4) is 0 Å². The van der Waals surface area contributed by atoms with E-state index in [9.17, 15) is 14.7 Å². The van der Waals surface area contributed by atoms with Gasteiger partial charge in [0.1, 0.15) is 23.9 Å². The summed E-state index contributed by atoms with van der Waals surface area (Å²) in [4.78, 5) is 38.1. The Balaban J connectivity index is 0.000000209. The molecule has 4 aromatic rings. The zero-order chi connectivity index (χ0) is 45.4. The molecule has 1 aliphatic carbocycles. The molecule has 63 heavy (non-hydrogen) atoms. The molecule has 1 aromatic carbocycles. The lowest BCUT2D eigenvalue weighted by molar-refractivity contribution is -0.108. The molecule has 1 amide bonds. The number of aliphatic imine (C=N–C) groups is 1. The van der Waals surface area contributed by atoms with Crippen LogP contribution in [0.2, 0.25) is 0 Å². The number of piperazine rings is 1. The van der Waals surface area contributed by atoms with Gasteiger partial charge in [-0.25, -0.2) is 9.50 Å². The van der Waals surface area contributed by atoms with Crippen LogP contribution in [0.4, 0.5) is 22.9 Å². The van der Waals surface area contributed by atoms with Crippen molar-refractivity contribution in [1.29, 1.82) is 5.26 Å². The number of aliphatic hydroxyl groups is 1. The van der Waals surface area contributed by atoms with Crippen molar-refractivity contribution in [2.45, 2.75) is 103 Å². The third-order valence-electron chi connectivity index (χ3n) is 11.9. The molecule has 0 spiro atoms. The first-order chi connectivity index (χ1) is 30.3. The number of allylic oxidation sites excluding steroid dienone is 1. The van der Waals surface area contributed by atoms with Gasteiger partial charge in [0.25, 0.3) is 5.91 Å². The van der Waals surface area contributed by atoms with E-state index < -0.39 is 11.5 Å². The van der Waals surface area contributed by atoms with Crippen LogP contribution in [0.5, 0.6) is 0 Å². The van der Waals surface area contributed by atoms with Gasteiger partial charge in [0, 0.05) is 93.8 Å². The van der Waals surface area contributed by atoms with E-state index in [1.54, 1.807) is 57.4 Å². The summed E-state index contributed by atoms with van der Waals surface area (Å²) in [6.07, 6.45) is 16.8. The van der Waals surface area contributed by atoms with Gasteiger partial charge in [-0.1, -0.05) is 45.1 Å². The van der Waals surface area contributed by atoms with Crippen LogP contribution in [0.15, 0.2) is 65.9 Å². The second-order valence-corrected chi connectivity index (χ2v) is 17.0. The average molecular weight is 861 g/mol. The van der Waals surface area contributed by atoms with E-state index >= 15 is 0 Å². The number of fused-ring (bicyclic) bond motifs is 1. The molecule has 2 aliphatic heterocycles. The Morgan fingerprint density at radius 1 is 1.08 bits per heavy atom. The van der Waals surface area contributed by atoms with Crippen molar-refractivity contribution in [1.82, 2.24) is 30.1 Å². The van der Waals surface area contributed by atoms with Gasteiger partial charge < -0.3 is 41.8 Å². The predicted molar refractivity (Wildman–Crippen MR) is 255 cm³/mol. The topological polar surface area (TPSA) is 201 Å². The highest BCUT2D eigenvalue weighted by molar-refractivity contribution is 6.05. The van der Waals surface area contributed by atoms with Gasteiger partial charge in [-0.05, 0) is 88.9 Å². The SMILES string of the molecule is C1CCCCC1.C=C(CCC(C=O)Nc1ccc(N2CCC(N3CCNCC3)CC2)c(C)n1)NC.CN=Cc1cc(NC(=O)c2ccc3cc(C#N)cnn23)c(C(C)(C)O)cc1N. The first-order valence-corrected chi connectivity index (χ1v) is 22.4. The van der Waals surface area contributed by atoms with E-state index in [4.69, 9.17) is 16.0 Å². The second kappa shape index (κ2) is 23.6. The van der Waals surface area contributed by atoms with Crippen LogP contribution in [0.25, 0.3) is 5.52 Å². The van der Waals surface area contributed by atoms with E-state index in [2.05, 4.69) is 60.7 Å². The van der Waals surface area contributed by atoms with Crippen molar-refractivity contribution in [2.24, 2.45) is 4.99 Å². The van der Waals surface area contributed by atoms with Crippen LogP contribution in [-0.2, 0) is 10.4 Å². The largest absolute Gasteiger partial charge is 0.398 e. The van der Waals surface area contributed by atoms with Crippen LogP contribution in [-0.4, -0.2) is 108 Å². The summed E-state index contributed by atoms with van der Waals surface area (Å²) in [5, 5.41) is 36.2. The van der Waals surface area contributed by atoms with Gasteiger partial charge in [-0.15, -0.1) is 0 Å². The van der Waals surface area contributed by atoms with Crippen molar-refractivity contribution in [2.75, 3.05) is 74.6 Å². The first-order valence-electron chi connectivity index (χ1n) is 22.4. The number of amides is 1. The molecular formula is C48H68N12O3. The standard InChI is InChI=1S/C22H36N6O.C20H20N6O2.C6H12/c1-17(23-3)4-5-19(16-29)26-22-7-6-21(18(2)25-22)28-12-8-20(9-13-28)27-14-10-24-11-15-27;1-20(2,28)15-8-16(22)13(11-23-3)7-17(15)25-19(27)18-5-4-14-6-12(9-21)10-24-26(14)18;1-2-4-6-5-3-1/h6-7,16,19-20,23-24H,1,4-5,8-15H2,2-3H3,(H,25,26);4-8,10-11,28H,22H2,1-3H3,(H,25,27);1-6H2. The minimum absolute atomic E-state index is 0.257. The summed E-state index contributed by atoms with van der Waals surface area (Å²) in [6.45, 7) is 15.9. The fraction of sp³-hybridized carbons (Fsp3) is 0.500. The van der Waals surface area contributed by atoms with E-state index in [1.165, 1.54) is 80.9 Å². The number of carbonyl (C=O) groups excluding carboxylic acids is 2. The first kappa shape index (κ1) is 48.2. The number of nitriles is 1. The molecule has 1 saturated carbocycles. The maximum atomic E-state index is 12.9. The maximum Gasteiger partial charge on any atom is 0.274 e. The number of aldehydes is 1. The van der Waals surface area contributed by atoms with Crippen LogP contribution < -0.4 is 31.9 Å². The Hall–Kier alpha value is -5.82. The third-order valence-corrected chi connectivity index (χ3v) is 11.9. The highest BCUT2D eigenvalue weighted by atomic mass is 16.3. The molecule has 1 atom stereocenters. The average Bonchev–Trinajstić information content (AvgIpc) is 3.73. The lowest BCUT2D eigenvalue weighted by Crippen LogP contribution is -2.52. The van der Waals surface area contributed by atoms with Gasteiger partial charge in [-0.3, -0.25) is 14.7 Å². The predicted octanol–water partition coefficient (Wildman–Crippen LogP) is 6.41. The van der Waals surface area contributed by atoms with E-state index in [0.717, 1.165) is 56.1 Å². The number of nitrogen functional groups attached to an aromatic ring is 1. The van der Waals surface area contributed by atoms with Crippen LogP contribution in [0, 0.1) is 18.3 Å². The molecule has 3 fully saturated rings. The van der Waals surface area contributed by atoms with E-state index in [1.807, 2.05) is 19.2 Å². The number of hydrogen-bond acceptors (Lipinski definition) is 13. The molecule has 15 heteroatoms. The van der Waals surface area contributed by atoms with E-state index in [-0.39, 0.29) is 6.04 Å². The fourth-order valence-electron chi connectivity index (χ4n) is 8.28. The summed E-state index contributed by atoms with van der Waals surface area (Å²) in [6, 6.07) is 14.9. The molecule has 5 heterocycles. The molecule has 0 radical (unpaired) electrons. The van der Waals surface area contributed by atoms with Crippen LogP contribution in [0.1, 0.15) is 111 Å². The summed E-state index contributed by atoms with van der Waals surface area (Å²) in [5.74, 6) is 0.348. The number of nitrogens with one attached hydrogen (secondary N) is 4. The highest BCUT2D eigenvalue weighted by Gasteiger charge is 2.27. The van der Waals surface area contributed by atoms with E-state index in [0.29, 0.717) is 51.7 Å². The number of piperidine rings is 1. The van der Waals surface area contributed by atoms with Gasteiger partial charge in [0.05, 0.1) is 40.3 Å². The number of rotatable bonds is 13. The zero-order valence-corrected chi connectivity index (χ0v) is 37.9. The Morgan fingerprint density at radius 2 is 1.76 bits per heavy atom. The van der Waals surface area contributed by atoms with Crippen LogP contribution >= 0.6 is 0 Å². The zero-order valence-electron chi connectivity index (χ0n) is 37.9. The Morgan fingerprint density at radius 3 is 2.35 bits per heavy atom. The molecule has 15 nitrogen and oxygen atoms in total. The summed E-state index contributed by atoms with van der Waals surface area (Å²) in [7, 11) is 3.47. The molecular weight excluding hydrogens is 793 g/mol. The monoisotopic (exact) mass is 861 g/mol. The number of aryl methyl sites for hydroxylation is 1. The second-order valence-electron chi connectivity index (χ2n) is 17.0. The molecule has 7 rings (SSSR count). The molecule has 338 valence electrons. The Labute approximate surface area is 373 Å². The van der Waals surface area contributed by atoms with Crippen molar-refractivity contribution < 1.29 is 14.7 Å². The summed E-state index contributed by atoms with van der Waals surface area (Å²) >= 11 is 0. The summed E-state index contributed by atoms with van der Waals surface area (Å²) in [5.41, 5.74) is 11.3. The van der Waals surface area contributed by atoms with Gasteiger partial charge in [0.15, 0.2) is 0 Å².